The van der Waals surface area contributed by atoms with Crippen LogP contribution in [0.1, 0.15) is 5.56 Å². The predicted molar refractivity (Wildman–Crippen MR) is 138 cm³/mol. The number of pyridine rings is 1. The van der Waals surface area contributed by atoms with Gasteiger partial charge in [-0.3, -0.25) is 10.1 Å². The first-order valence-electron chi connectivity index (χ1n) is 10.8. The van der Waals surface area contributed by atoms with Gasteiger partial charge in [-0.15, -0.1) is 0 Å². The Morgan fingerprint density at radius 1 is 0.914 bits per heavy atom. The zero-order valence-corrected chi connectivity index (χ0v) is 19.8. The Labute approximate surface area is 204 Å². The molecule has 0 aliphatic carbocycles. The van der Waals surface area contributed by atoms with E-state index in [1.165, 1.54) is 7.11 Å². The third-order valence-corrected chi connectivity index (χ3v) is 6.59. The monoisotopic (exact) mass is 487 g/mol. The van der Waals surface area contributed by atoms with Gasteiger partial charge in [-0.2, -0.15) is 0 Å². The topological polar surface area (TPSA) is 116 Å². The number of nitrogens with one attached hydrogen (secondary N) is 4. The van der Waals surface area contributed by atoms with E-state index in [1.54, 1.807) is 60.8 Å². The van der Waals surface area contributed by atoms with Crippen molar-refractivity contribution < 1.29 is 13.2 Å². The lowest BCUT2D eigenvalue weighted by molar-refractivity contribution is 0.398. The van der Waals surface area contributed by atoms with Gasteiger partial charge in [0, 0.05) is 35.7 Å². The number of anilines is 2. The third kappa shape index (κ3) is 6.15. The Bertz CT molecular complexity index is 1410. The lowest BCUT2D eigenvalue weighted by Crippen LogP contribution is -2.29. The molecule has 0 amide bonds. The van der Waals surface area contributed by atoms with Gasteiger partial charge in [0.15, 0.2) is 5.96 Å². The molecule has 0 aliphatic rings. The molecule has 8 nitrogen and oxygen atoms in total. The molecule has 0 saturated carbocycles. The Kier molecular flexibility index (Phi) is 7.27. The van der Waals surface area contributed by atoms with Gasteiger partial charge >= 0.3 is 0 Å². The second kappa shape index (κ2) is 10.7. The second-order valence-electron chi connectivity index (χ2n) is 7.61. The number of hydrogen-bond acceptors (Lipinski definition) is 5. The molecule has 0 spiro atoms. The number of hydrogen-bond donors (Lipinski definition) is 4. The van der Waals surface area contributed by atoms with Crippen molar-refractivity contribution >= 4 is 27.4 Å². The second-order valence-corrected chi connectivity index (χ2v) is 9.26. The van der Waals surface area contributed by atoms with Crippen molar-refractivity contribution in [2.24, 2.45) is 0 Å². The van der Waals surface area contributed by atoms with E-state index in [-0.39, 0.29) is 10.9 Å². The van der Waals surface area contributed by atoms with Gasteiger partial charge in [0.2, 0.25) is 5.88 Å². The van der Waals surface area contributed by atoms with Crippen LogP contribution in [0.3, 0.4) is 0 Å². The molecule has 0 radical (unpaired) electrons. The van der Waals surface area contributed by atoms with Gasteiger partial charge in [0.05, 0.1) is 12.0 Å². The van der Waals surface area contributed by atoms with Crippen molar-refractivity contribution in [1.29, 1.82) is 5.41 Å². The summed E-state index contributed by atoms with van der Waals surface area (Å²) in [6.07, 6.45) is 1.59. The molecule has 4 aromatic rings. The lowest BCUT2D eigenvalue weighted by atomic mass is 10.1. The van der Waals surface area contributed by atoms with E-state index in [1.807, 2.05) is 36.4 Å². The highest BCUT2D eigenvalue weighted by molar-refractivity contribution is 7.92. The molecular formula is C26H25N5O3S. The van der Waals surface area contributed by atoms with Crippen molar-refractivity contribution in [3.05, 3.63) is 103 Å². The molecule has 0 saturated heterocycles. The molecule has 4 rings (SSSR count). The standard InChI is InChI=1S/C26H25N5O3S/c1-34-25-17-22(15-16-28-25)30-26(27)29-18-19-11-13-21(14-12-19)31-35(32,33)24-10-6-5-9-23(24)20-7-3-2-4-8-20/h2-17,31H,18H2,1H3,(H3,27,28,29,30). The van der Waals surface area contributed by atoms with Crippen LogP contribution in [0.4, 0.5) is 11.4 Å². The third-order valence-electron chi connectivity index (χ3n) is 5.15. The summed E-state index contributed by atoms with van der Waals surface area (Å²) in [4.78, 5) is 4.24. The average Bonchev–Trinajstić information content (AvgIpc) is 2.89. The fraction of sp³-hybridized carbons (Fsp3) is 0.0769. The van der Waals surface area contributed by atoms with E-state index >= 15 is 0 Å². The summed E-state index contributed by atoms with van der Waals surface area (Å²) in [6, 6.07) is 26.8. The van der Waals surface area contributed by atoms with Gasteiger partial charge < -0.3 is 15.4 Å². The van der Waals surface area contributed by atoms with E-state index in [4.69, 9.17) is 10.1 Å². The van der Waals surface area contributed by atoms with E-state index < -0.39 is 10.0 Å². The van der Waals surface area contributed by atoms with Crippen LogP contribution in [0.2, 0.25) is 0 Å². The summed E-state index contributed by atoms with van der Waals surface area (Å²) >= 11 is 0. The SMILES string of the molecule is COc1cc(NC(=N)NCc2ccc(NS(=O)(=O)c3ccccc3-c3ccccc3)cc2)ccn1. The fourth-order valence-corrected chi connectivity index (χ4v) is 4.73. The largest absolute Gasteiger partial charge is 0.481 e. The van der Waals surface area contributed by atoms with Gasteiger partial charge in [-0.25, -0.2) is 13.4 Å². The lowest BCUT2D eigenvalue weighted by Gasteiger charge is -2.13. The molecular weight excluding hydrogens is 462 g/mol. The zero-order valence-electron chi connectivity index (χ0n) is 19.0. The number of aromatic nitrogens is 1. The van der Waals surface area contributed by atoms with Crippen LogP contribution >= 0.6 is 0 Å². The molecule has 0 unspecified atom stereocenters. The average molecular weight is 488 g/mol. The van der Waals surface area contributed by atoms with Crippen molar-refractivity contribution in [3.63, 3.8) is 0 Å². The van der Waals surface area contributed by atoms with Crippen molar-refractivity contribution in [1.82, 2.24) is 10.3 Å². The predicted octanol–water partition coefficient (Wildman–Crippen LogP) is 4.69. The fourth-order valence-electron chi connectivity index (χ4n) is 3.44. The molecule has 0 fully saturated rings. The van der Waals surface area contributed by atoms with Crippen LogP contribution in [0.15, 0.2) is 102 Å². The van der Waals surface area contributed by atoms with E-state index in [9.17, 15) is 8.42 Å². The van der Waals surface area contributed by atoms with Gasteiger partial charge in [0.25, 0.3) is 10.0 Å². The summed E-state index contributed by atoms with van der Waals surface area (Å²) in [5.74, 6) is 0.563. The Hall–Kier alpha value is -4.37. The molecule has 1 aromatic heterocycles. The minimum Gasteiger partial charge on any atom is -0.481 e. The van der Waals surface area contributed by atoms with Gasteiger partial charge in [0.1, 0.15) is 0 Å². The summed E-state index contributed by atoms with van der Waals surface area (Å²) < 4.78 is 34.0. The van der Waals surface area contributed by atoms with Crippen molar-refractivity contribution in [2.75, 3.05) is 17.1 Å². The minimum absolute atomic E-state index is 0.112. The molecule has 9 heteroatoms. The molecule has 0 aliphatic heterocycles. The Balaban J connectivity index is 1.39. The number of rotatable bonds is 8. The van der Waals surface area contributed by atoms with E-state index in [0.717, 1.165) is 11.1 Å². The summed E-state index contributed by atoms with van der Waals surface area (Å²) in [6.45, 7) is 0.387. The molecule has 1 heterocycles. The number of benzene rings is 3. The van der Waals surface area contributed by atoms with Gasteiger partial charge in [-0.05, 0) is 35.4 Å². The van der Waals surface area contributed by atoms with E-state index in [0.29, 0.717) is 29.4 Å². The maximum absolute atomic E-state index is 13.1. The number of sulfonamides is 1. The number of ether oxygens (including phenoxy) is 1. The van der Waals surface area contributed by atoms with Crippen LogP contribution in [-0.4, -0.2) is 26.5 Å². The maximum atomic E-state index is 13.1. The first kappa shape index (κ1) is 23.8. The van der Waals surface area contributed by atoms with Crippen LogP contribution in [0, 0.1) is 5.41 Å². The quantitative estimate of drug-likeness (QED) is 0.212. The highest BCUT2D eigenvalue weighted by atomic mass is 32.2. The summed E-state index contributed by atoms with van der Waals surface area (Å²) in [5, 5.41) is 14.0. The molecule has 35 heavy (non-hydrogen) atoms. The van der Waals surface area contributed by atoms with Crippen LogP contribution in [-0.2, 0) is 16.6 Å². The summed E-state index contributed by atoms with van der Waals surface area (Å²) in [5.41, 5.74) is 3.48. The van der Waals surface area contributed by atoms with Crippen molar-refractivity contribution in [2.45, 2.75) is 11.4 Å². The normalized spacial score (nSPS) is 10.9. The van der Waals surface area contributed by atoms with Crippen LogP contribution in [0.5, 0.6) is 5.88 Å². The summed E-state index contributed by atoms with van der Waals surface area (Å²) in [7, 11) is -2.27. The minimum atomic E-state index is -3.80. The number of nitrogens with zero attached hydrogens (tertiary/aromatic N) is 1. The smallest absolute Gasteiger partial charge is 0.262 e. The Morgan fingerprint density at radius 2 is 1.63 bits per heavy atom. The Morgan fingerprint density at radius 3 is 2.37 bits per heavy atom. The molecule has 178 valence electrons. The molecule has 4 N–H and O–H groups in total. The van der Waals surface area contributed by atoms with Crippen molar-refractivity contribution in [3.8, 4) is 17.0 Å². The zero-order chi connectivity index (χ0) is 24.7. The van der Waals surface area contributed by atoms with E-state index in [2.05, 4.69) is 20.3 Å². The highest BCUT2D eigenvalue weighted by Crippen LogP contribution is 2.28. The maximum Gasteiger partial charge on any atom is 0.262 e. The highest BCUT2D eigenvalue weighted by Gasteiger charge is 2.19. The first-order valence-corrected chi connectivity index (χ1v) is 12.3. The number of methoxy groups -OCH3 is 1. The molecule has 0 atom stereocenters. The van der Waals surface area contributed by atoms with Crippen LogP contribution in [0.25, 0.3) is 11.1 Å². The molecule has 3 aromatic carbocycles. The van der Waals surface area contributed by atoms with Gasteiger partial charge in [-0.1, -0.05) is 60.7 Å². The number of guanidine groups is 1. The van der Waals surface area contributed by atoms with Crippen LogP contribution < -0.4 is 20.1 Å². The molecule has 0 bridgehead atoms. The first-order chi connectivity index (χ1) is 16.9.